The number of ether oxygens (including phenoxy) is 1. The molecule has 0 radical (unpaired) electrons. The molecule has 0 aliphatic carbocycles. The summed E-state index contributed by atoms with van der Waals surface area (Å²) in [5.74, 6) is 0.538. The zero-order chi connectivity index (χ0) is 19.8. The number of nitrogens with one attached hydrogen (secondary N) is 1. The highest BCUT2D eigenvalue weighted by atomic mass is 16.5. The van der Waals surface area contributed by atoms with Crippen LogP contribution >= 0.6 is 0 Å². The molecule has 1 aliphatic heterocycles. The summed E-state index contributed by atoms with van der Waals surface area (Å²) in [6.07, 6.45) is 0.536. The lowest BCUT2D eigenvalue weighted by molar-refractivity contribution is 0.0922. The first-order valence-electron chi connectivity index (χ1n) is 9.02. The summed E-state index contributed by atoms with van der Waals surface area (Å²) < 4.78 is 5.27. The second kappa shape index (κ2) is 6.92. The maximum atomic E-state index is 12.7. The molecule has 0 spiro atoms. The number of nitrogens with two attached hydrogens (primary N) is 1. The van der Waals surface area contributed by atoms with E-state index in [1.54, 1.807) is 20.1 Å². The van der Waals surface area contributed by atoms with E-state index in [1.807, 2.05) is 31.2 Å². The molecule has 2 aromatic heterocycles. The molecule has 0 fully saturated rings. The van der Waals surface area contributed by atoms with Gasteiger partial charge in [0.1, 0.15) is 0 Å². The Hall–Kier alpha value is -3.48. The van der Waals surface area contributed by atoms with Gasteiger partial charge in [0.25, 0.3) is 5.91 Å². The number of pyridine rings is 1. The van der Waals surface area contributed by atoms with Crippen molar-refractivity contribution in [1.82, 2.24) is 20.3 Å². The first kappa shape index (κ1) is 17.9. The highest BCUT2D eigenvalue weighted by molar-refractivity contribution is 5.98. The van der Waals surface area contributed by atoms with Crippen LogP contribution in [-0.4, -0.2) is 28.0 Å². The van der Waals surface area contributed by atoms with E-state index in [0.717, 1.165) is 22.4 Å². The number of aromatic nitrogens is 3. The largest absolute Gasteiger partial charge is 0.481 e. The maximum Gasteiger partial charge on any atom is 0.255 e. The lowest BCUT2D eigenvalue weighted by Gasteiger charge is -2.28. The summed E-state index contributed by atoms with van der Waals surface area (Å²) in [6.45, 7) is 3.80. The van der Waals surface area contributed by atoms with E-state index in [-0.39, 0.29) is 17.9 Å². The molecule has 0 bridgehead atoms. The van der Waals surface area contributed by atoms with Crippen molar-refractivity contribution >= 4 is 11.9 Å². The molecule has 1 amide bonds. The third-order valence-corrected chi connectivity index (χ3v) is 4.90. The third-order valence-electron chi connectivity index (χ3n) is 4.90. The van der Waals surface area contributed by atoms with Crippen LogP contribution in [-0.2, 0) is 6.42 Å². The van der Waals surface area contributed by atoms with E-state index in [0.29, 0.717) is 29.3 Å². The Kier molecular flexibility index (Phi) is 4.43. The Morgan fingerprint density at radius 3 is 2.75 bits per heavy atom. The van der Waals surface area contributed by atoms with Crippen molar-refractivity contribution in [2.75, 3.05) is 12.8 Å². The standard InChI is InChI=1S/C21H21N5O2/c1-11-7-8-13(14(9-11)15-5-4-6-18(24-15)28-3)16-10-17-19(20(27)25-16)12(2)23-21(22)26-17/h4-9,16H,10H2,1-3H3,(H,25,27)(H2,22,23,26)/t16-/m1/s1. The molecule has 28 heavy (non-hydrogen) atoms. The lowest BCUT2D eigenvalue weighted by atomic mass is 9.89. The molecule has 0 unspecified atom stereocenters. The number of carbonyl (C=O) groups is 1. The smallest absolute Gasteiger partial charge is 0.255 e. The molecule has 3 aromatic rings. The van der Waals surface area contributed by atoms with Gasteiger partial charge in [-0.25, -0.2) is 15.0 Å². The van der Waals surface area contributed by atoms with Crippen LogP contribution in [0.25, 0.3) is 11.3 Å². The van der Waals surface area contributed by atoms with Gasteiger partial charge < -0.3 is 15.8 Å². The van der Waals surface area contributed by atoms with Crippen molar-refractivity contribution in [3.8, 4) is 17.1 Å². The van der Waals surface area contributed by atoms with Gasteiger partial charge in [-0.15, -0.1) is 0 Å². The molecular weight excluding hydrogens is 354 g/mol. The van der Waals surface area contributed by atoms with Crippen LogP contribution in [0.3, 0.4) is 0 Å². The third kappa shape index (κ3) is 3.15. The first-order chi connectivity index (χ1) is 13.5. The molecule has 3 heterocycles. The van der Waals surface area contributed by atoms with Crippen molar-refractivity contribution in [2.45, 2.75) is 26.3 Å². The van der Waals surface area contributed by atoms with Crippen molar-refractivity contribution in [2.24, 2.45) is 0 Å². The van der Waals surface area contributed by atoms with E-state index in [1.165, 1.54) is 0 Å². The SMILES string of the molecule is COc1cccc(-c2cc(C)ccc2[C@H]2Cc3nc(N)nc(C)c3C(=O)N2)n1. The predicted molar refractivity (Wildman–Crippen MR) is 106 cm³/mol. The molecule has 142 valence electrons. The number of hydrogen-bond donors (Lipinski definition) is 2. The minimum atomic E-state index is -0.239. The van der Waals surface area contributed by atoms with Gasteiger partial charge in [0.2, 0.25) is 11.8 Å². The summed E-state index contributed by atoms with van der Waals surface area (Å²) >= 11 is 0. The van der Waals surface area contributed by atoms with Gasteiger partial charge in [-0.1, -0.05) is 23.8 Å². The number of amides is 1. The van der Waals surface area contributed by atoms with Crippen LogP contribution in [0.4, 0.5) is 5.95 Å². The van der Waals surface area contributed by atoms with Crippen LogP contribution in [0, 0.1) is 13.8 Å². The number of carbonyl (C=O) groups excluding carboxylic acids is 1. The van der Waals surface area contributed by atoms with Gasteiger partial charge in [-0.2, -0.15) is 0 Å². The number of fused-ring (bicyclic) bond motifs is 1. The number of aryl methyl sites for hydroxylation is 2. The van der Waals surface area contributed by atoms with Crippen LogP contribution < -0.4 is 15.8 Å². The minimum absolute atomic E-state index is 0.184. The second-order valence-corrected chi connectivity index (χ2v) is 6.87. The quantitative estimate of drug-likeness (QED) is 0.730. The van der Waals surface area contributed by atoms with E-state index in [2.05, 4.69) is 26.3 Å². The van der Waals surface area contributed by atoms with Gasteiger partial charge in [-0.05, 0) is 31.5 Å². The number of benzene rings is 1. The maximum absolute atomic E-state index is 12.7. The van der Waals surface area contributed by atoms with Gasteiger partial charge in [0.05, 0.1) is 35.8 Å². The number of methoxy groups -OCH3 is 1. The highest BCUT2D eigenvalue weighted by Crippen LogP contribution is 2.33. The fourth-order valence-corrected chi connectivity index (χ4v) is 3.64. The van der Waals surface area contributed by atoms with Crippen molar-refractivity contribution in [1.29, 1.82) is 0 Å². The Labute approximate surface area is 163 Å². The topological polar surface area (TPSA) is 103 Å². The molecule has 3 N–H and O–H groups in total. The van der Waals surface area contributed by atoms with Crippen molar-refractivity contribution in [3.05, 3.63) is 64.5 Å². The number of nitrogen functional groups attached to an aromatic ring is 1. The van der Waals surface area contributed by atoms with E-state index >= 15 is 0 Å². The van der Waals surface area contributed by atoms with Crippen LogP contribution in [0.15, 0.2) is 36.4 Å². The van der Waals surface area contributed by atoms with Gasteiger partial charge >= 0.3 is 0 Å². The average molecular weight is 375 g/mol. The van der Waals surface area contributed by atoms with Crippen LogP contribution in [0.2, 0.25) is 0 Å². The minimum Gasteiger partial charge on any atom is -0.481 e. The van der Waals surface area contributed by atoms with E-state index < -0.39 is 0 Å². The summed E-state index contributed by atoms with van der Waals surface area (Å²) in [5, 5.41) is 3.09. The molecule has 1 aromatic carbocycles. The van der Waals surface area contributed by atoms with Crippen LogP contribution in [0.5, 0.6) is 5.88 Å². The number of hydrogen-bond acceptors (Lipinski definition) is 6. The Balaban J connectivity index is 1.81. The zero-order valence-electron chi connectivity index (χ0n) is 16.0. The van der Waals surface area contributed by atoms with E-state index in [9.17, 15) is 4.79 Å². The summed E-state index contributed by atoms with van der Waals surface area (Å²) in [5.41, 5.74) is 11.4. The van der Waals surface area contributed by atoms with Gasteiger partial charge in [0, 0.05) is 18.1 Å². The number of rotatable bonds is 3. The van der Waals surface area contributed by atoms with Gasteiger partial charge in [0.15, 0.2) is 0 Å². The fraction of sp³-hybridized carbons (Fsp3) is 0.238. The summed E-state index contributed by atoms with van der Waals surface area (Å²) in [6, 6.07) is 11.5. The second-order valence-electron chi connectivity index (χ2n) is 6.87. The Morgan fingerprint density at radius 2 is 1.96 bits per heavy atom. The highest BCUT2D eigenvalue weighted by Gasteiger charge is 2.30. The number of nitrogens with zero attached hydrogens (tertiary/aromatic N) is 3. The fourth-order valence-electron chi connectivity index (χ4n) is 3.64. The van der Waals surface area contributed by atoms with Gasteiger partial charge in [-0.3, -0.25) is 4.79 Å². The molecule has 4 rings (SSSR count). The molecule has 1 atom stereocenters. The molecule has 0 saturated heterocycles. The summed E-state index contributed by atoms with van der Waals surface area (Å²) in [4.78, 5) is 25.7. The lowest BCUT2D eigenvalue weighted by Crippen LogP contribution is -2.37. The normalized spacial score (nSPS) is 15.7. The zero-order valence-corrected chi connectivity index (χ0v) is 16.0. The number of anilines is 1. The molecular formula is C21H21N5O2. The first-order valence-corrected chi connectivity index (χ1v) is 9.02. The molecule has 0 saturated carbocycles. The Bertz CT molecular complexity index is 1080. The predicted octanol–water partition coefficient (Wildman–Crippen LogP) is 2.77. The van der Waals surface area contributed by atoms with Crippen LogP contribution in [0.1, 0.15) is 38.9 Å². The van der Waals surface area contributed by atoms with Crippen molar-refractivity contribution < 1.29 is 9.53 Å². The molecule has 1 aliphatic rings. The summed E-state index contributed by atoms with van der Waals surface area (Å²) in [7, 11) is 1.59. The monoisotopic (exact) mass is 375 g/mol. The van der Waals surface area contributed by atoms with E-state index in [4.69, 9.17) is 10.5 Å². The Morgan fingerprint density at radius 1 is 1.14 bits per heavy atom. The molecule has 7 nitrogen and oxygen atoms in total. The molecule has 7 heteroatoms. The van der Waals surface area contributed by atoms with Crippen molar-refractivity contribution in [3.63, 3.8) is 0 Å². The average Bonchev–Trinajstić information content (AvgIpc) is 2.67.